The van der Waals surface area contributed by atoms with E-state index in [1.165, 1.54) is 21.9 Å². The van der Waals surface area contributed by atoms with Crippen LogP contribution >= 0.6 is 0 Å². The number of pyridine rings is 1. The number of hydrogen-bond acceptors (Lipinski definition) is 4. The van der Waals surface area contributed by atoms with Gasteiger partial charge in [0, 0.05) is 42.5 Å². The molecule has 7 heteroatoms. The van der Waals surface area contributed by atoms with Gasteiger partial charge in [-0.1, -0.05) is 147 Å². The van der Waals surface area contributed by atoms with Gasteiger partial charge < -0.3 is 18.4 Å². The molecule has 62 heavy (non-hydrogen) atoms. The molecule has 0 bridgehead atoms. The topological polar surface area (TPSA) is 57.0 Å². The molecule has 0 saturated carbocycles. The summed E-state index contributed by atoms with van der Waals surface area (Å²) in [6.45, 7) is 11.8. The van der Waals surface area contributed by atoms with Crippen LogP contribution in [0.2, 0.25) is 19.6 Å². The summed E-state index contributed by atoms with van der Waals surface area (Å²) in [7, 11) is -1.40. The van der Waals surface area contributed by atoms with Gasteiger partial charge >= 0.3 is 0 Å². The van der Waals surface area contributed by atoms with Crippen LogP contribution in [0.15, 0.2) is 173 Å². The summed E-state index contributed by atoms with van der Waals surface area (Å²) in [4.78, 5) is 9.89. The maximum atomic E-state index is 6.40. The molecule has 4 heterocycles. The summed E-state index contributed by atoms with van der Waals surface area (Å²) in [5.41, 5.74) is 13.0. The van der Waals surface area contributed by atoms with Gasteiger partial charge in [0.1, 0.15) is 11.2 Å². The molecule has 0 fully saturated rings. The second kappa shape index (κ2) is 16.8. The monoisotopic (exact) mass is 1000 g/mol. The fourth-order valence-corrected chi connectivity index (χ4v) is 10.1. The van der Waals surface area contributed by atoms with Crippen molar-refractivity contribution in [2.45, 2.75) is 39.9 Å². The van der Waals surface area contributed by atoms with E-state index in [1.807, 2.05) is 72.8 Å². The summed E-state index contributed by atoms with van der Waals surface area (Å²) in [6.07, 6.45) is 3.23. The Labute approximate surface area is 376 Å². The van der Waals surface area contributed by atoms with Gasteiger partial charge in [0.05, 0.1) is 36.2 Å². The number of nitrogens with zero attached hydrogens (tertiary/aromatic N) is 3. The smallest absolute Gasteiger partial charge is 0.158 e. The van der Waals surface area contributed by atoms with Crippen molar-refractivity contribution in [2.24, 2.45) is 5.92 Å². The maximum absolute atomic E-state index is 6.40. The van der Waals surface area contributed by atoms with Gasteiger partial charge in [-0.15, -0.1) is 53.6 Å². The first-order valence-electron chi connectivity index (χ1n) is 21.0. The normalized spacial score (nSPS) is 11.7. The molecule has 0 aliphatic rings. The number of furan rings is 2. The number of aromatic nitrogens is 3. The van der Waals surface area contributed by atoms with Crippen LogP contribution in [0.5, 0.6) is 0 Å². The van der Waals surface area contributed by atoms with Crippen molar-refractivity contribution in [1.29, 1.82) is 0 Å². The standard InChI is InChI=1S/C31H17N2O2.C24H28NSi.Ir/c1-5-17-27-19(9-1)21-11-7-13-23(29(21)34-27)31-32-24-14-3-4-15-25(24)33(31)26-16-8-12-22-20-10-2-6-18-28(20)35-30(22)26;1-18(2)14-22-16-23(25-17-24(22)26(3,4)5)21-13-9-12-20(15-21)19-10-7-6-8-11-19;/h1-12,14-18H;6-12,15-18H,14H2,1-5H3;/q2*-1;. The van der Waals surface area contributed by atoms with Crippen molar-refractivity contribution >= 4 is 68.2 Å². The molecule has 0 unspecified atom stereocenters. The first kappa shape index (κ1) is 41.0. The third kappa shape index (κ3) is 7.62. The SMILES string of the molecule is CC(C)Cc1cc(-c2[c-]ccc(-c3ccccc3)c2)ncc1[Si](C)(C)C.[Ir].[c-]1ccc2c(oc3ccccc32)c1-c1nc2ccccc2n1-c1cccc2c1oc1ccccc12. The Morgan fingerprint density at radius 3 is 2.02 bits per heavy atom. The zero-order valence-corrected chi connectivity index (χ0v) is 38.8. The largest absolute Gasteiger partial charge is 0.501 e. The zero-order valence-electron chi connectivity index (χ0n) is 35.4. The van der Waals surface area contributed by atoms with Gasteiger partial charge in [-0.3, -0.25) is 4.98 Å². The molecule has 0 atom stereocenters. The minimum atomic E-state index is -1.40. The Balaban J connectivity index is 0.000000163. The Morgan fingerprint density at radius 1 is 0.629 bits per heavy atom. The average Bonchev–Trinajstić information content (AvgIpc) is 3.98. The maximum Gasteiger partial charge on any atom is 0.158 e. The first-order valence-corrected chi connectivity index (χ1v) is 24.5. The molecule has 307 valence electrons. The van der Waals surface area contributed by atoms with Crippen molar-refractivity contribution in [1.82, 2.24) is 14.5 Å². The number of benzene rings is 7. The molecular formula is C55H45IrN3O2Si-2. The summed E-state index contributed by atoms with van der Waals surface area (Å²) in [6, 6.07) is 60.6. The van der Waals surface area contributed by atoms with E-state index in [0.717, 1.165) is 89.7 Å². The van der Waals surface area contributed by atoms with E-state index in [-0.39, 0.29) is 20.1 Å². The second-order valence-electron chi connectivity index (χ2n) is 17.1. The molecule has 0 aliphatic carbocycles. The van der Waals surface area contributed by atoms with E-state index in [0.29, 0.717) is 5.92 Å². The van der Waals surface area contributed by atoms with Crippen molar-refractivity contribution in [3.05, 3.63) is 182 Å². The zero-order chi connectivity index (χ0) is 41.7. The number of fused-ring (bicyclic) bond motifs is 7. The Morgan fingerprint density at radius 2 is 1.27 bits per heavy atom. The molecule has 0 N–H and O–H groups in total. The van der Waals surface area contributed by atoms with E-state index in [9.17, 15) is 0 Å². The van der Waals surface area contributed by atoms with Crippen molar-refractivity contribution in [3.63, 3.8) is 0 Å². The van der Waals surface area contributed by atoms with E-state index in [1.54, 1.807) is 0 Å². The third-order valence-electron chi connectivity index (χ3n) is 11.4. The van der Waals surface area contributed by atoms with Crippen LogP contribution in [0.25, 0.3) is 94.4 Å². The molecule has 5 nitrogen and oxygen atoms in total. The third-order valence-corrected chi connectivity index (χ3v) is 13.4. The Bertz CT molecular complexity index is 3370. The van der Waals surface area contributed by atoms with Crippen LogP contribution in [0, 0.1) is 18.1 Å². The van der Waals surface area contributed by atoms with Crippen LogP contribution in [-0.4, -0.2) is 22.6 Å². The summed E-state index contributed by atoms with van der Waals surface area (Å²) in [5.74, 6) is 1.41. The molecule has 0 saturated heterocycles. The number of rotatable bonds is 7. The summed E-state index contributed by atoms with van der Waals surface area (Å²) >= 11 is 0. The molecule has 1 radical (unpaired) electrons. The Hall–Kier alpha value is -6.37. The summed E-state index contributed by atoms with van der Waals surface area (Å²) in [5, 5.41) is 5.79. The number of hydrogen-bond donors (Lipinski definition) is 0. The predicted molar refractivity (Wildman–Crippen MR) is 255 cm³/mol. The molecule has 0 aliphatic heterocycles. The van der Waals surface area contributed by atoms with Crippen LogP contribution in [0.4, 0.5) is 0 Å². The predicted octanol–water partition coefficient (Wildman–Crippen LogP) is 14.2. The first-order chi connectivity index (χ1) is 29.7. The molecule has 11 rings (SSSR count). The number of para-hydroxylation sites is 5. The van der Waals surface area contributed by atoms with Gasteiger partial charge in [-0.25, -0.2) is 0 Å². The second-order valence-corrected chi connectivity index (χ2v) is 22.2. The van der Waals surface area contributed by atoms with E-state index in [4.69, 9.17) is 18.8 Å². The minimum Gasteiger partial charge on any atom is -0.501 e. The molecule has 0 amide bonds. The fourth-order valence-electron chi connectivity index (χ4n) is 8.56. The van der Waals surface area contributed by atoms with Crippen LogP contribution in [0.3, 0.4) is 0 Å². The molecule has 11 aromatic rings. The molecule has 7 aromatic carbocycles. The summed E-state index contributed by atoms with van der Waals surface area (Å²) < 4.78 is 14.9. The van der Waals surface area contributed by atoms with Crippen LogP contribution in [0.1, 0.15) is 19.4 Å². The quantitative estimate of drug-likeness (QED) is 0.118. The van der Waals surface area contributed by atoms with Gasteiger partial charge in [0.25, 0.3) is 0 Å². The van der Waals surface area contributed by atoms with E-state index in [2.05, 4.69) is 141 Å². The molecule has 0 spiro atoms. The molecular weight excluding hydrogens is 955 g/mol. The van der Waals surface area contributed by atoms with E-state index < -0.39 is 8.07 Å². The molecule has 4 aromatic heterocycles. The van der Waals surface area contributed by atoms with Crippen molar-refractivity contribution in [2.75, 3.05) is 0 Å². The Kier molecular flexibility index (Phi) is 11.1. The number of imidazole rings is 1. The van der Waals surface area contributed by atoms with E-state index >= 15 is 0 Å². The minimum absolute atomic E-state index is 0. The fraction of sp³-hybridized carbons (Fsp3) is 0.127. The van der Waals surface area contributed by atoms with Crippen molar-refractivity contribution < 1.29 is 28.9 Å². The average molecular weight is 1000 g/mol. The van der Waals surface area contributed by atoms with Gasteiger partial charge in [0.2, 0.25) is 0 Å². The van der Waals surface area contributed by atoms with Gasteiger partial charge in [-0.2, -0.15) is 0 Å². The van der Waals surface area contributed by atoms with Crippen molar-refractivity contribution in [3.8, 4) is 39.5 Å². The van der Waals surface area contributed by atoms with Crippen LogP contribution in [-0.2, 0) is 26.5 Å². The van der Waals surface area contributed by atoms with Gasteiger partial charge in [0.15, 0.2) is 5.58 Å². The van der Waals surface area contributed by atoms with Gasteiger partial charge in [-0.05, 0) is 59.1 Å². The van der Waals surface area contributed by atoms with Crippen LogP contribution < -0.4 is 5.19 Å².